The molecule has 2 aliphatic heterocycles. The normalized spacial score (nSPS) is 21.3. The fourth-order valence-electron chi connectivity index (χ4n) is 3.34. The van der Waals surface area contributed by atoms with Crippen molar-refractivity contribution >= 4 is 18.0 Å². The van der Waals surface area contributed by atoms with E-state index in [-0.39, 0.29) is 5.54 Å². The molecule has 0 spiro atoms. The maximum Gasteiger partial charge on any atom is 0.123 e. The molecule has 2 N–H and O–H groups in total. The average molecular weight is 317 g/mol. The van der Waals surface area contributed by atoms with Crippen LogP contribution in [0.1, 0.15) is 30.5 Å². The molecule has 3 rings (SSSR count). The number of H-pyrrole nitrogens is 1. The number of nitriles is 1. The Morgan fingerprint density at radius 3 is 2.55 bits per heavy atom. The molecular formula is C16H23N5S. The van der Waals surface area contributed by atoms with Crippen molar-refractivity contribution in [2.24, 2.45) is 0 Å². The van der Waals surface area contributed by atoms with E-state index in [0.29, 0.717) is 10.2 Å². The molecule has 0 bridgehead atoms. The van der Waals surface area contributed by atoms with Crippen molar-refractivity contribution in [3.8, 4) is 6.07 Å². The molecule has 1 saturated heterocycles. The zero-order valence-electron chi connectivity index (χ0n) is 13.5. The molecule has 1 aromatic heterocycles. The second kappa shape index (κ2) is 5.65. The van der Waals surface area contributed by atoms with Gasteiger partial charge in [0.1, 0.15) is 16.5 Å². The summed E-state index contributed by atoms with van der Waals surface area (Å²) in [7, 11) is 2.15. The van der Waals surface area contributed by atoms with Gasteiger partial charge in [0.15, 0.2) is 0 Å². The number of nitrogens with one attached hydrogen (secondary N) is 2. The molecule has 5 nitrogen and oxygen atoms in total. The van der Waals surface area contributed by atoms with Gasteiger partial charge < -0.3 is 15.2 Å². The first kappa shape index (κ1) is 15.5. The third-order valence-corrected chi connectivity index (χ3v) is 5.30. The molecule has 0 saturated carbocycles. The van der Waals surface area contributed by atoms with Gasteiger partial charge in [-0.1, -0.05) is 12.2 Å². The lowest BCUT2D eigenvalue weighted by Crippen LogP contribution is -2.48. The van der Waals surface area contributed by atoms with E-state index in [2.05, 4.69) is 47.1 Å². The number of hydrogen-bond acceptors (Lipinski definition) is 5. The van der Waals surface area contributed by atoms with E-state index in [1.54, 1.807) is 0 Å². The van der Waals surface area contributed by atoms with E-state index >= 15 is 0 Å². The lowest BCUT2D eigenvalue weighted by Gasteiger charge is -2.43. The summed E-state index contributed by atoms with van der Waals surface area (Å²) in [5, 5.41) is 12.9. The number of anilines is 1. The quantitative estimate of drug-likeness (QED) is 0.774. The lowest BCUT2D eigenvalue weighted by atomic mass is 9.84. The number of piperazine rings is 1. The topological polar surface area (TPSA) is 58.1 Å². The Labute approximate surface area is 136 Å². The molecule has 0 aliphatic carbocycles. The van der Waals surface area contributed by atoms with Crippen LogP contribution in [0.2, 0.25) is 0 Å². The summed E-state index contributed by atoms with van der Waals surface area (Å²) in [5.74, 6) is 1.11. The first-order chi connectivity index (χ1) is 10.4. The Morgan fingerprint density at radius 2 is 1.91 bits per heavy atom. The third-order valence-electron chi connectivity index (χ3n) is 4.99. The molecule has 1 fully saturated rings. The van der Waals surface area contributed by atoms with Crippen molar-refractivity contribution in [2.45, 2.75) is 32.4 Å². The Balaban J connectivity index is 2.16. The van der Waals surface area contributed by atoms with Crippen LogP contribution in [-0.4, -0.2) is 48.6 Å². The molecule has 3 heterocycles. The Hall–Kier alpha value is -1.42. The number of nitrogens with zero attached hydrogens (tertiary/aromatic N) is 3. The summed E-state index contributed by atoms with van der Waals surface area (Å²) in [6, 6.07) is 2.32. The highest BCUT2D eigenvalue weighted by Gasteiger charge is 2.34. The summed E-state index contributed by atoms with van der Waals surface area (Å²) in [4.78, 5) is 8.06. The van der Waals surface area contributed by atoms with Gasteiger partial charge in [-0.3, -0.25) is 4.90 Å². The Kier molecular flexibility index (Phi) is 3.98. The van der Waals surface area contributed by atoms with Gasteiger partial charge in [-0.15, -0.1) is 0 Å². The van der Waals surface area contributed by atoms with E-state index in [1.807, 2.05) is 0 Å². The van der Waals surface area contributed by atoms with Gasteiger partial charge in [0, 0.05) is 43.8 Å². The summed E-state index contributed by atoms with van der Waals surface area (Å²) >= 11 is 5.46. The Morgan fingerprint density at radius 1 is 1.23 bits per heavy atom. The predicted octanol–water partition coefficient (Wildman–Crippen LogP) is 1.79. The monoisotopic (exact) mass is 317 g/mol. The number of pyridine rings is 1. The number of likely N-dealkylation sites (N-methyl/N-ethyl adjacent to an activating group) is 1. The first-order valence-electron chi connectivity index (χ1n) is 7.79. The minimum absolute atomic E-state index is 0.0441. The second-order valence-corrected chi connectivity index (χ2v) is 7.24. The summed E-state index contributed by atoms with van der Waals surface area (Å²) in [5.41, 5.74) is 3.09. The number of hydrogen-bond donors (Lipinski definition) is 2. The Bertz CT molecular complexity index is 679. The number of rotatable bonds is 1. The lowest BCUT2D eigenvalue weighted by molar-refractivity contribution is 0.133. The molecular weight excluding hydrogens is 294 g/mol. The fourth-order valence-corrected chi connectivity index (χ4v) is 3.60. The van der Waals surface area contributed by atoms with Crippen LogP contribution >= 0.6 is 12.2 Å². The van der Waals surface area contributed by atoms with Crippen LogP contribution in [0.15, 0.2) is 0 Å². The molecule has 0 atom stereocenters. The minimum atomic E-state index is 0.0441. The van der Waals surface area contributed by atoms with Gasteiger partial charge in [-0.25, -0.2) is 0 Å². The van der Waals surface area contributed by atoms with Crippen LogP contribution in [-0.2, 0) is 13.0 Å². The smallest absolute Gasteiger partial charge is 0.123 e. The summed E-state index contributed by atoms with van der Waals surface area (Å²) < 4.78 is 0.579. The molecule has 6 heteroatoms. The van der Waals surface area contributed by atoms with Gasteiger partial charge in [0.2, 0.25) is 0 Å². The van der Waals surface area contributed by atoms with Gasteiger partial charge in [0.25, 0.3) is 0 Å². The molecule has 0 radical (unpaired) electrons. The van der Waals surface area contributed by atoms with Crippen LogP contribution < -0.4 is 10.2 Å². The summed E-state index contributed by atoms with van der Waals surface area (Å²) in [6.45, 7) is 9.20. The minimum Gasteiger partial charge on any atom is -0.355 e. The van der Waals surface area contributed by atoms with E-state index in [0.717, 1.165) is 50.5 Å². The van der Waals surface area contributed by atoms with Crippen molar-refractivity contribution in [3.63, 3.8) is 0 Å². The van der Waals surface area contributed by atoms with Crippen LogP contribution in [0.3, 0.4) is 0 Å². The maximum atomic E-state index is 9.54. The highest BCUT2D eigenvalue weighted by atomic mass is 32.1. The first-order valence-corrected chi connectivity index (χ1v) is 8.20. The molecule has 22 heavy (non-hydrogen) atoms. The maximum absolute atomic E-state index is 9.54. The third kappa shape index (κ3) is 2.54. The SMILES string of the molecule is CN1Cc2c(N3CCNCC3)[nH]c(=S)c(C#N)c2CC1(C)C. The zero-order chi connectivity index (χ0) is 15.9. The van der Waals surface area contributed by atoms with Crippen LogP contribution in [0.4, 0.5) is 5.82 Å². The van der Waals surface area contributed by atoms with Crippen molar-refractivity contribution in [3.05, 3.63) is 21.3 Å². The van der Waals surface area contributed by atoms with Gasteiger partial charge in [-0.2, -0.15) is 5.26 Å². The zero-order valence-corrected chi connectivity index (χ0v) is 14.3. The van der Waals surface area contributed by atoms with E-state index in [1.165, 1.54) is 5.56 Å². The molecule has 1 aromatic rings. The number of aromatic nitrogens is 1. The predicted molar refractivity (Wildman–Crippen MR) is 90.7 cm³/mol. The van der Waals surface area contributed by atoms with E-state index in [9.17, 15) is 5.26 Å². The van der Waals surface area contributed by atoms with Gasteiger partial charge >= 0.3 is 0 Å². The van der Waals surface area contributed by atoms with Crippen LogP contribution in [0, 0.1) is 16.0 Å². The van der Waals surface area contributed by atoms with Crippen molar-refractivity contribution in [1.29, 1.82) is 5.26 Å². The van der Waals surface area contributed by atoms with Gasteiger partial charge in [0.05, 0.1) is 5.56 Å². The van der Waals surface area contributed by atoms with Crippen LogP contribution in [0.25, 0.3) is 0 Å². The second-order valence-electron chi connectivity index (χ2n) is 6.83. The highest BCUT2D eigenvalue weighted by Crippen LogP contribution is 2.36. The number of aromatic amines is 1. The molecule has 0 amide bonds. The van der Waals surface area contributed by atoms with Crippen molar-refractivity contribution in [2.75, 3.05) is 38.1 Å². The average Bonchev–Trinajstić information content (AvgIpc) is 2.49. The van der Waals surface area contributed by atoms with E-state index in [4.69, 9.17) is 12.2 Å². The van der Waals surface area contributed by atoms with Crippen molar-refractivity contribution in [1.82, 2.24) is 15.2 Å². The standard InChI is InChI=1S/C16H23N5S/c1-16(2)8-11-12(9-17)15(22)19-14(13(11)10-20(16)3)21-6-4-18-5-7-21/h18H,4-8,10H2,1-3H3,(H,19,22). The van der Waals surface area contributed by atoms with Gasteiger partial charge in [-0.05, 0) is 32.9 Å². The largest absolute Gasteiger partial charge is 0.355 e. The highest BCUT2D eigenvalue weighted by molar-refractivity contribution is 7.71. The summed E-state index contributed by atoms with van der Waals surface area (Å²) in [6.07, 6.45) is 0.860. The molecule has 2 aliphatic rings. The van der Waals surface area contributed by atoms with Crippen molar-refractivity contribution < 1.29 is 0 Å². The molecule has 0 unspecified atom stereocenters. The molecule has 0 aromatic carbocycles. The van der Waals surface area contributed by atoms with Crippen LogP contribution in [0.5, 0.6) is 0 Å². The fraction of sp³-hybridized carbons (Fsp3) is 0.625. The molecule has 118 valence electrons. The number of fused-ring (bicyclic) bond motifs is 1. The van der Waals surface area contributed by atoms with E-state index < -0.39 is 0 Å².